The van der Waals surface area contributed by atoms with Gasteiger partial charge in [-0.1, -0.05) is 0 Å². The van der Waals surface area contributed by atoms with Crippen LogP contribution in [0.4, 0.5) is 5.13 Å². The van der Waals surface area contributed by atoms with Crippen molar-refractivity contribution in [1.82, 2.24) is 15.0 Å². The van der Waals surface area contributed by atoms with Gasteiger partial charge in [0.25, 0.3) is 0 Å². The molecule has 2 aromatic rings. The Morgan fingerprint density at radius 3 is 2.58 bits per heavy atom. The summed E-state index contributed by atoms with van der Waals surface area (Å²) in [6.07, 6.45) is 4.90. The Hall–Kier alpha value is -1.49. The number of hydrogen-bond donors (Lipinski definition) is 1. The molecule has 2 heterocycles. The molecule has 12 heavy (non-hydrogen) atoms. The smallest absolute Gasteiger partial charge is 0.180 e. The van der Waals surface area contributed by atoms with E-state index in [0.717, 1.165) is 11.3 Å². The van der Waals surface area contributed by atoms with Crippen LogP contribution in [0.1, 0.15) is 0 Å². The SMILES string of the molecule is Nc1nc(-c2cncnc2)cs1. The van der Waals surface area contributed by atoms with Crippen molar-refractivity contribution in [3.8, 4) is 11.3 Å². The summed E-state index contributed by atoms with van der Waals surface area (Å²) in [5.41, 5.74) is 7.21. The minimum atomic E-state index is 0.564. The van der Waals surface area contributed by atoms with Gasteiger partial charge in [0.15, 0.2) is 5.13 Å². The van der Waals surface area contributed by atoms with Crippen LogP contribution in [-0.4, -0.2) is 15.0 Å². The van der Waals surface area contributed by atoms with Gasteiger partial charge in [-0.05, 0) is 0 Å². The Morgan fingerprint density at radius 1 is 1.25 bits per heavy atom. The van der Waals surface area contributed by atoms with Crippen LogP contribution in [0, 0.1) is 0 Å². The fourth-order valence-electron chi connectivity index (χ4n) is 0.852. The number of thiazole rings is 1. The van der Waals surface area contributed by atoms with E-state index in [4.69, 9.17) is 5.73 Å². The van der Waals surface area contributed by atoms with Crippen LogP contribution in [0.5, 0.6) is 0 Å². The van der Waals surface area contributed by atoms with E-state index >= 15 is 0 Å². The highest BCUT2D eigenvalue weighted by Gasteiger charge is 2.01. The van der Waals surface area contributed by atoms with E-state index in [1.165, 1.54) is 17.7 Å². The van der Waals surface area contributed by atoms with Crippen LogP contribution in [0.25, 0.3) is 11.3 Å². The first kappa shape index (κ1) is 7.17. The van der Waals surface area contributed by atoms with Gasteiger partial charge in [0.05, 0.1) is 5.69 Å². The second-order valence-electron chi connectivity index (χ2n) is 2.20. The Bertz CT molecular complexity index is 370. The van der Waals surface area contributed by atoms with E-state index in [1.807, 2.05) is 5.38 Å². The van der Waals surface area contributed by atoms with Crippen LogP contribution in [0.15, 0.2) is 24.1 Å². The van der Waals surface area contributed by atoms with Crippen LogP contribution < -0.4 is 5.73 Å². The molecule has 60 valence electrons. The van der Waals surface area contributed by atoms with Crippen molar-refractivity contribution < 1.29 is 0 Å². The summed E-state index contributed by atoms with van der Waals surface area (Å²) in [4.78, 5) is 11.9. The van der Waals surface area contributed by atoms with Gasteiger partial charge in [-0.2, -0.15) is 0 Å². The molecule has 0 atom stereocenters. The average Bonchev–Trinajstić information content (AvgIpc) is 2.54. The lowest BCUT2D eigenvalue weighted by atomic mass is 10.3. The molecule has 0 aliphatic carbocycles. The van der Waals surface area contributed by atoms with Gasteiger partial charge in [0, 0.05) is 23.3 Å². The molecular weight excluding hydrogens is 172 g/mol. The third-order valence-electron chi connectivity index (χ3n) is 1.38. The molecular formula is C7H6N4S. The Morgan fingerprint density at radius 2 is 2.00 bits per heavy atom. The Balaban J connectivity index is 2.45. The maximum atomic E-state index is 5.48. The second-order valence-corrected chi connectivity index (χ2v) is 3.09. The lowest BCUT2D eigenvalue weighted by molar-refractivity contribution is 1.16. The molecule has 0 spiro atoms. The zero-order chi connectivity index (χ0) is 8.39. The van der Waals surface area contributed by atoms with E-state index in [1.54, 1.807) is 12.4 Å². The average molecular weight is 178 g/mol. The summed E-state index contributed by atoms with van der Waals surface area (Å²) in [5.74, 6) is 0. The number of rotatable bonds is 1. The molecule has 2 N–H and O–H groups in total. The fourth-order valence-corrected chi connectivity index (χ4v) is 1.42. The van der Waals surface area contributed by atoms with Gasteiger partial charge < -0.3 is 5.73 Å². The van der Waals surface area contributed by atoms with Crippen LogP contribution in [0.2, 0.25) is 0 Å². The maximum absolute atomic E-state index is 5.48. The summed E-state index contributed by atoms with van der Waals surface area (Å²) < 4.78 is 0. The van der Waals surface area contributed by atoms with Crippen molar-refractivity contribution in [2.75, 3.05) is 5.73 Å². The molecule has 0 radical (unpaired) electrons. The molecule has 0 aliphatic heterocycles. The van der Waals surface area contributed by atoms with Crippen molar-refractivity contribution in [2.24, 2.45) is 0 Å². The number of nitrogens with zero attached hydrogens (tertiary/aromatic N) is 3. The molecule has 0 saturated heterocycles. The van der Waals surface area contributed by atoms with Gasteiger partial charge >= 0.3 is 0 Å². The molecule has 0 aliphatic rings. The molecule has 0 fully saturated rings. The van der Waals surface area contributed by atoms with E-state index in [9.17, 15) is 0 Å². The van der Waals surface area contributed by atoms with Crippen LogP contribution in [-0.2, 0) is 0 Å². The quantitative estimate of drug-likeness (QED) is 0.712. The zero-order valence-electron chi connectivity index (χ0n) is 6.14. The molecule has 0 amide bonds. The number of anilines is 1. The number of hydrogen-bond acceptors (Lipinski definition) is 5. The van der Waals surface area contributed by atoms with Crippen molar-refractivity contribution >= 4 is 16.5 Å². The maximum Gasteiger partial charge on any atom is 0.180 e. The van der Waals surface area contributed by atoms with Gasteiger partial charge in [-0.25, -0.2) is 15.0 Å². The molecule has 0 aromatic carbocycles. The summed E-state index contributed by atoms with van der Waals surface area (Å²) in [6, 6.07) is 0. The van der Waals surface area contributed by atoms with Gasteiger partial charge in [-0.15, -0.1) is 11.3 Å². The summed E-state index contributed by atoms with van der Waals surface area (Å²) in [5, 5.41) is 2.45. The van der Waals surface area contributed by atoms with Crippen LogP contribution >= 0.6 is 11.3 Å². The van der Waals surface area contributed by atoms with Crippen molar-refractivity contribution in [1.29, 1.82) is 0 Å². The van der Waals surface area contributed by atoms with Gasteiger partial charge in [0.1, 0.15) is 6.33 Å². The normalized spacial score (nSPS) is 10.0. The van der Waals surface area contributed by atoms with Crippen molar-refractivity contribution in [3.05, 3.63) is 24.1 Å². The van der Waals surface area contributed by atoms with Crippen molar-refractivity contribution in [3.63, 3.8) is 0 Å². The first-order valence-corrected chi connectivity index (χ1v) is 4.20. The predicted molar refractivity (Wildman–Crippen MR) is 47.6 cm³/mol. The monoisotopic (exact) mass is 178 g/mol. The molecule has 0 unspecified atom stereocenters. The standard InChI is InChI=1S/C7H6N4S/c8-7-11-6(3-12-7)5-1-9-4-10-2-5/h1-4H,(H2,8,11). The minimum absolute atomic E-state index is 0.564. The topological polar surface area (TPSA) is 64.7 Å². The van der Waals surface area contributed by atoms with E-state index < -0.39 is 0 Å². The lowest BCUT2D eigenvalue weighted by Crippen LogP contribution is -1.84. The third kappa shape index (κ3) is 1.26. The van der Waals surface area contributed by atoms with Crippen LogP contribution in [0.3, 0.4) is 0 Å². The van der Waals surface area contributed by atoms with E-state index in [0.29, 0.717) is 5.13 Å². The molecule has 0 saturated carbocycles. The third-order valence-corrected chi connectivity index (χ3v) is 2.05. The minimum Gasteiger partial charge on any atom is -0.375 e. The van der Waals surface area contributed by atoms with Gasteiger partial charge in [0.2, 0.25) is 0 Å². The largest absolute Gasteiger partial charge is 0.375 e. The summed E-state index contributed by atoms with van der Waals surface area (Å²) in [7, 11) is 0. The highest BCUT2D eigenvalue weighted by molar-refractivity contribution is 7.13. The highest BCUT2D eigenvalue weighted by atomic mass is 32.1. The zero-order valence-corrected chi connectivity index (χ0v) is 6.95. The molecule has 5 heteroatoms. The predicted octanol–water partition coefficient (Wildman–Crippen LogP) is 1.18. The number of nitrogens with two attached hydrogens (primary N) is 1. The fraction of sp³-hybridized carbons (Fsp3) is 0. The first-order valence-electron chi connectivity index (χ1n) is 3.32. The Kier molecular flexibility index (Phi) is 1.71. The second kappa shape index (κ2) is 2.86. The first-order chi connectivity index (χ1) is 5.86. The van der Waals surface area contributed by atoms with E-state index in [-0.39, 0.29) is 0 Å². The summed E-state index contributed by atoms with van der Waals surface area (Å²) in [6.45, 7) is 0. The molecule has 4 nitrogen and oxygen atoms in total. The lowest BCUT2D eigenvalue weighted by Gasteiger charge is -1.91. The summed E-state index contributed by atoms with van der Waals surface area (Å²) >= 11 is 1.41. The van der Waals surface area contributed by atoms with Crippen molar-refractivity contribution in [2.45, 2.75) is 0 Å². The number of nitrogen functional groups attached to an aromatic ring is 1. The molecule has 2 rings (SSSR count). The van der Waals surface area contributed by atoms with Gasteiger partial charge in [-0.3, -0.25) is 0 Å². The molecule has 0 bridgehead atoms. The highest BCUT2D eigenvalue weighted by Crippen LogP contribution is 2.20. The molecule has 2 aromatic heterocycles. The Labute approximate surface area is 73.1 Å². The van der Waals surface area contributed by atoms with E-state index in [2.05, 4.69) is 15.0 Å². The number of aromatic nitrogens is 3.